The van der Waals surface area contributed by atoms with Gasteiger partial charge in [0.2, 0.25) is 5.82 Å². The predicted molar refractivity (Wildman–Crippen MR) is 148 cm³/mol. The number of pyridine rings is 1. The van der Waals surface area contributed by atoms with Gasteiger partial charge in [0.05, 0.1) is 12.1 Å². The molecule has 0 spiro atoms. The van der Waals surface area contributed by atoms with Gasteiger partial charge in [-0.2, -0.15) is 5.21 Å². The maximum absolute atomic E-state index is 10.4. The van der Waals surface area contributed by atoms with Crippen LogP contribution in [0.3, 0.4) is 0 Å². The summed E-state index contributed by atoms with van der Waals surface area (Å²) in [4.78, 5) is 10.0. The number of benzene rings is 2. The highest BCUT2D eigenvalue weighted by Gasteiger charge is 2.29. The molecule has 0 saturated carbocycles. The average molecular weight is 506 g/mol. The Morgan fingerprint density at radius 1 is 1.16 bits per heavy atom. The molecule has 2 aromatic carbocycles. The molecule has 5 aromatic rings. The van der Waals surface area contributed by atoms with Crippen molar-refractivity contribution in [3.05, 3.63) is 89.4 Å². The quantitative estimate of drug-likeness (QED) is 0.282. The maximum atomic E-state index is 10.4. The summed E-state index contributed by atoms with van der Waals surface area (Å²) < 4.78 is 2.34. The minimum Gasteiger partial charge on any atom is -0.392 e. The van der Waals surface area contributed by atoms with Crippen molar-refractivity contribution >= 4 is 11.2 Å². The highest BCUT2D eigenvalue weighted by atomic mass is 16.3. The molecular weight excluding hydrogens is 474 g/mol. The van der Waals surface area contributed by atoms with Gasteiger partial charge in [0.1, 0.15) is 11.3 Å². The Bertz CT molecular complexity index is 1620. The second kappa shape index (κ2) is 9.95. The topological polar surface area (TPSA) is 105 Å². The summed E-state index contributed by atoms with van der Waals surface area (Å²) in [5.74, 6) is 1.63. The smallest absolute Gasteiger partial charge is 0.205 e. The molecular formula is C30H31N7O. The minimum atomic E-state index is -0.486. The average Bonchev–Trinajstić information content (AvgIpc) is 3.67. The number of nitrogens with zero attached hydrogens (tertiary/aromatic N) is 6. The van der Waals surface area contributed by atoms with Crippen LogP contribution in [-0.2, 0) is 19.3 Å². The van der Waals surface area contributed by atoms with Gasteiger partial charge in [-0.3, -0.25) is 0 Å². The molecule has 1 aliphatic carbocycles. The van der Waals surface area contributed by atoms with Crippen LogP contribution in [0.4, 0.5) is 0 Å². The van der Waals surface area contributed by atoms with Gasteiger partial charge in [0, 0.05) is 24.1 Å². The lowest BCUT2D eigenvalue weighted by Gasteiger charge is -2.18. The van der Waals surface area contributed by atoms with Gasteiger partial charge in [-0.1, -0.05) is 55.5 Å². The predicted octanol–water partition coefficient (Wildman–Crippen LogP) is 5.16. The van der Waals surface area contributed by atoms with E-state index in [0.29, 0.717) is 18.7 Å². The van der Waals surface area contributed by atoms with Crippen molar-refractivity contribution in [2.75, 3.05) is 0 Å². The van der Waals surface area contributed by atoms with E-state index in [1.165, 1.54) is 11.1 Å². The molecule has 0 amide bonds. The summed E-state index contributed by atoms with van der Waals surface area (Å²) >= 11 is 0. The van der Waals surface area contributed by atoms with Gasteiger partial charge in [0.15, 0.2) is 5.65 Å². The van der Waals surface area contributed by atoms with Crippen LogP contribution in [0.5, 0.6) is 0 Å². The number of tetrazole rings is 1. The van der Waals surface area contributed by atoms with E-state index < -0.39 is 6.10 Å². The lowest BCUT2D eigenvalue weighted by atomic mass is 9.96. The van der Waals surface area contributed by atoms with Crippen LogP contribution in [-0.4, -0.2) is 46.4 Å². The van der Waals surface area contributed by atoms with E-state index in [4.69, 9.17) is 9.97 Å². The number of H-pyrrole nitrogens is 1. The third-order valence-electron chi connectivity index (χ3n) is 7.49. The fraction of sp³-hybridized carbons (Fsp3) is 0.300. The van der Waals surface area contributed by atoms with E-state index in [1.807, 2.05) is 18.2 Å². The number of aromatic amines is 1. The SMILES string of the molecule is C=CCC(O)Cc1cc(C)c2nc(CC)n([C@H]3CCc4cc(-c5ccccc5-c5nn[nH]n5)ccc43)c2n1. The van der Waals surface area contributed by atoms with Gasteiger partial charge in [0.25, 0.3) is 0 Å². The van der Waals surface area contributed by atoms with E-state index >= 15 is 0 Å². The first kappa shape index (κ1) is 24.2. The van der Waals surface area contributed by atoms with Gasteiger partial charge in [-0.15, -0.1) is 16.8 Å². The monoisotopic (exact) mass is 505 g/mol. The van der Waals surface area contributed by atoms with E-state index in [9.17, 15) is 5.11 Å². The van der Waals surface area contributed by atoms with Crippen molar-refractivity contribution in [1.82, 2.24) is 35.2 Å². The number of fused-ring (bicyclic) bond motifs is 2. The third kappa shape index (κ3) is 4.20. The molecule has 38 heavy (non-hydrogen) atoms. The normalized spacial score (nSPS) is 15.6. The number of rotatable bonds is 8. The molecule has 8 heteroatoms. The molecule has 2 N–H and O–H groups in total. The second-order valence-electron chi connectivity index (χ2n) is 9.99. The standard InChI is InChI=1S/C30H31N7O/c1-4-8-22(38)17-21-15-18(3)28-30(31-21)37(27(5-2)32-28)26-14-12-20-16-19(11-13-24(20)26)23-9-6-7-10-25(23)29-33-35-36-34-29/h4,6-7,9-11,13,15-16,22,26,38H,1,5,8,12,14,17H2,2-3H3,(H,33,34,35,36)/t22?,26-/m0/s1. The van der Waals surface area contributed by atoms with Crippen molar-refractivity contribution in [2.24, 2.45) is 0 Å². The largest absolute Gasteiger partial charge is 0.392 e. The van der Waals surface area contributed by atoms with Gasteiger partial charge < -0.3 is 9.67 Å². The summed E-state index contributed by atoms with van der Waals surface area (Å²) in [6.45, 7) is 7.98. The number of aryl methyl sites for hydroxylation is 3. The first-order chi connectivity index (χ1) is 18.6. The van der Waals surface area contributed by atoms with Crippen LogP contribution < -0.4 is 0 Å². The molecule has 0 radical (unpaired) electrons. The van der Waals surface area contributed by atoms with Crippen LogP contribution in [0.25, 0.3) is 33.7 Å². The Morgan fingerprint density at radius 3 is 2.76 bits per heavy atom. The summed E-state index contributed by atoms with van der Waals surface area (Å²) in [6.07, 6.45) is 5.11. The zero-order valence-electron chi connectivity index (χ0n) is 21.7. The van der Waals surface area contributed by atoms with Crippen molar-refractivity contribution in [2.45, 2.75) is 58.1 Å². The molecule has 3 aromatic heterocycles. The van der Waals surface area contributed by atoms with Crippen molar-refractivity contribution in [3.63, 3.8) is 0 Å². The summed E-state index contributed by atoms with van der Waals surface area (Å²) in [5.41, 5.74) is 9.68. The number of nitrogens with one attached hydrogen (secondary N) is 1. The Balaban J connectivity index is 1.41. The van der Waals surface area contributed by atoms with E-state index in [-0.39, 0.29) is 6.04 Å². The number of aliphatic hydroxyl groups excluding tert-OH is 1. The minimum absolute atomic E-state index is 0.173. The van der Waals surface area contributed by atoms with Crippen molar-refractivity contribution in [1.29, 1.82) is 0 Å². The van der Waals surface area contributed by atoms with Crippen molar-refractivity contribution in [3.8, 4) is 22.5 Å². The summed E-state index contributed by atoms with van der Waals surface area (Å²) in [6, 6.07) is 17.1. The first-order valence-corrected chi connectivity index (χ1v) is 13.2. The van der Waals surface area contributed by atoms with Gasteiger partial charge in [-0.25, -0.2) is 9.97 Å². The number of hydrogen-bond acceptors (Lipinski definition) is 6. The fourth-order valence-corrected chi connectivity index (χ4v) is 5.76. The maximum Gasteiger partial charge on any atom is 0.205 e. The number of aliphatic hydroxyl groups is 1. The molecule has 6 rings (SSSR count). The highest BCUT2D eigenvalue weighted by molar-refractivity contribution is 5.81. The summed E-state index contributed by atoms with van der Waals surface area (Å²) in [5, 5.41) is 25.1. The molecule has 1 aliphatic rings. The number of aromatic nitrogens is 7. The molecule has 0 aliphatic heterocycles. The molecule has 0 saturated heterocycles. The Morgan fingerprint density at radius 2 is 2.00 bits per heavy atom. The van der Waals surface area contributed by atoms with E-state index in [1.54, 1.807) is 6.08 Å². The Hall–Kier alpha value is -4.17. The zero-order chi connectivity index (χ0) is 26.2. The number of imidazole rings is 1. The van der Waals surface area contributed by atoms with E-state index in [0.717, 1.165) is 64.2 Å². The molecule has 192 valence electrons. The molecule has 2 atom stereocenters. The Labute approximate surface area is 221 Å². The Kier molecular flexibility index (Phi) is 6.33. The first-order valence-electron chi connectivity index (χ1n) is 13.2. The molecule has 1 unspecified atom stereocenters. The molecule has 3 heterocycles. The van der Waals surface area contributed by atoms with Crippen LogP contribution in [0, 0.1) is 6.92 Å². The van der Waals surface area contributed by atoms with Crippen LogP contribution in [0.2, 0.25) is 0 Å². The molecule has 0 bridgehead atoms. The number of hydrogen-bond donors (Lipinski definition) is 2. The highest BCUT2D eigenvalue weighted by Crippen LogP contribution is 2.40. The van der Waals surface area contributed by atoms with Crippen LogP contribution >= 0.6 is 0 Å². The lowest BCUT2D eigenvalue weighted by Crippen LogP contribution is -2.13. The van der Waals surface area contributed by atoms with E-state index in [2.05, 4.69) is 75.9 Å². The summed E-state index contributed by atoms with van der Waals surface area (Å²) in [7, 11) is 0. The molecule has 8 nitrogen and oxygen atoms in total. The molecule has 0 fully saturated rings. The zero-order valence-corrected chi connectivity index (χ0v) is 21.7. The van der Waals surface area contributed by atoms with Gasteiger partial charge in [-0.05, 0) is 65.3 Å². The lowest BCUT2D eigenvalue weighted by molar-refractivity contribution is 0.177. The second-order valence-corrected chi connectivity index (χ2v) is 9.99. The van der Waals surface area contributed by atoms with Crippen LogP contribution in [0.15, 0.2) is 61.2 Å². The third-order valence-corrected chi connectivity index (χ3v) is 7.49. The fourth-order valence-electron chi connectivity index (χ4n) is 5.76. The van der Waals surface area contributed by atoms with Crippen LogP contribution in [0.1, 0.15) is 54.0 Å². The van der Waals surface area contributed by atoms with Gasteiger partial charge >= 0.3 is 0 Å². The van der Waals surface area contributed by atoms with Crippen molar-refractivity contribution < 1.29 is 5.11 Å².